The van der Waals surface area contributed by atoms with Gasteiger partial charge in [-0.1, -0.05) is 71.4 Å². The van der Waals surface area contributed by atoms with Gasteiger partial charge in [-0.15, -0.1) is 0 Å². The maximum atomic E-state index is 4.14. The average molecular weight is 259 g/mol. The Morgan fingerprint density at radius 1 is 1.16 bits per heavy atom. The average Bonchev–Trinajstić information content (AvgIpc) is 2.42. The predicted molar refractivity (Wildman–Crippen MR) is 86.3 cm³/mol. The lowest BCUT2D eigenvalue weighted by molar-refractivity contribution is 0.494. The summed E-state index contributed by atoms with van der Waals surface area (Å²) in [5.74, 6) is 1.30. The highest BCUT2D eigenvalue weighted by molar-refractivity contribution is 5.61. The van der Waals surface area contributed by atoms with Gasteiger partial charge in [0.1, 0.15) is 0 Å². The Morgan fingerprint density at radius 2 is 1.79 bits per heavy atom. The third-order valence-electron chi connectivity index (χ3n) is 3.64. The molecule has 0 saturated carbocycles. The van der Waals surface area contributed by atoms with Crippen molar-refractivity contribution >= 4 is 5.70 Å². The smallest absolute Gasteiger partial charge is 0.0340 e. The van der Waals surface area contributed by atoms with Crippen molar-refractivity contribution in [3.63, 3.8) is 0 Å². The minimum atomic E-state index is 0.587. The molecule has 0 radical (unpaired) electrons. The van der Waals surface area contributed by atoms with Crippen molar-refractivity contribution in [3.8, 4) is 0 Å². The minimum Gasteiger partial charge on any atom is -0.385 e. The number of unbranched alkanes of at least 4 members (excludes halogenated alkanes) is 1. The van der Waals surface area contributed by atoms with Gasteiger partial charge in [0.25, 0.3) is 0 Å². The van der Waals surface area contributed by atoms with Crippen molar-refractivity contribution in [1.29, 1.82) is 0 Å². The van der Waals surface area contributed by atoms with Gasteiger partial charge in [-0.2, -0.15) is 0 Å². The summed E-state index contributed by atoms with van der Waals surface area (Å²) < 4.78 is 0. The molecule has 0 spiro atoms. The van der Waals surface area contributed by atoms with Crippen LogP contribution in [0, 0.1) is 5.92 Å². The first-order valence-corrected chi connectivity index (χ1v) is 7.57. The van der Waals surface area contributed by atoms with E-state index in [0.29, 0.717) is 11.8 Å². The van der Waals surface area contributed by atoms with Gasteiger partial charge in [0, 0.05) is 12.2 Å². The molecular weight excluding hydrogens is 230 g/mol. The molecule has 0 aliphatic carbocycles. The third-order valence-corrected chi connectivity index (χ3v) is 3.64. The summed E-state index contributed by atoms with van der Waals surface area (Å²) in [6, 6.07) is 8.74. The van der Waals surface area contributed by atoms with Crippen molar-refractivity contribution in [1.82, 2.24) is 5.32 Å². The second-order valence-electron chi connectivity index (χ2n) is 5.88. The van der Waals surface area contributed by atoms with Gasteiger partial charge >= 0.3 is 0 Å². The van der Waals surface area contributed by atoms with Crippen molar-refractivity contribution in [2.75, 3.05) is 6.54 Å². The Hall–Kier alpha value is -1.24. The van der Waals surface area contributed by atoms with Crippen LogP contribution in [0.5, 0.6) is 0 Å². The van der Waals surface area contributed by atoms with Crippen LogP contribution in [0.2, 0.25) is 0 Å². The minimum absolute atomic E-state index is 0.587. The van der Waals surface area contributed by atoms with E-state index in [1.807, 2.05) is 0 Å². The van der Waals surface area contributed by atoms with Crippen LogP contribution in [0.1, 0.15) is 64.0 Å². The van der Waals surface area contributed by atoms with Gasteiger partial charge < -0.3 is 5.32 Å². The molecule has 1 heteroatoms. The Kier molecular flexibility index (Phi) is 6.69. The molecule has 0 heterocycles. The topological polar surface area (TPSA) is 12.0 Å². The van der Waals surface area contributed by atoms with Crippen molar-refractivity contribution in [2.45, 2.75) is 52.9 Å². The molecule has 1 atom stereocenters. The van der Waals surface area contributed by atoms with Crippen molar-refractivity contribution < 1.29 is 0 Å². The molecule has 0 amide bonds. The Labute approximate surface area is 119 Å². The molecule has 0 aromatic heterocycles. The summed E-state index contributed by atoms with van der Waals surface area (Å²) in [5.41, 5.74) is 3.62. The largest absolute Gasteiger partial charge is 0.385 e. The second kappa shape index (κ2) is 8.04. The van der Waals surface area contributed by atoms with Gasteiger partial charge in [-0.05, 0) is 29.4 Å². The molecule has 1 rings (SSSR count). The fourth-order valence-corrected chi connectivity index (χ4v) is 2.12. The Balaban J connectivity index is 2.45. The van der Waals surface area contributed by atoms with E-state index in [-0.39, 0.29) is 0 Å². The highest BCUT2D eigenvalue weighted by Crippen LogP contribution is 2.17. The number of rotatable bonds is 8. The quantitative estimate of drug-likeness (QED) is 0.677. The van der Waals surface area contributed by atoms with Crippen LogP contribution in [-0.2, 0) is 0 Å². The number of hydrogen-bond donors (Lipinski definition) is 1. The normalized spacial score (nSPS) is 12.5. The zero-order chi connectivity index (χ0) is 14.3. The van der Waals surface area contributed by atoms with E-state index in [1.165, 1.54) is 30.4 Å². The highest BCUT2D eigenvalue weighted by atomic mass is 14.9. The highest BCUT2D eigenvalue weighted by Gasteiger charge is 2.04. The molecular formula is C18H29N. The predicted octanol–water partition coefficient (Wildman–Crippen LogP) is 5.20. The SMILES string of the molecule is C=C(NCC(C)CCCC)c1ccc(C(C)C)cc1. The van der Waals surface area contributed by atoms with Crippen molar-refractivity contribution in [2.24, 2.45) is 5.92 Å². The molecule has 0 fully saturated rings. The monoisotopic (exact) mass is 259 g/mol. The van der Waals surface area contributed by atoms with Gasteiger partial charge in [-0.3, -0.25) is 0 Å². The van der Waals surface area contributed by atoms with E-state index in [1.54, 1.807) is 0 Å². The maximum Gasteiger partial charge on any atom is 0.0340 e. The van der Waals surface area contributed by atoms with E-state index < -0.39 is 0 Å². The maximum absolute atomic E-state index is 4.14. The summed E-state index contributed by atoms with van der Waals surface area (Å²) in [4.78, 5) is 0. The summed E-state index contributed by atoms with van der Waals surface area (Å²) in [6.07, 6.45) is 3.89. The lowest BCUT2D eigenvalue weighted by Crippen LogP contribution is -2.19. The summed E-state index contributed by atoms with van der Waals surface area (Å²) in [7, 11) is 0. The standard InChI is InChI=1S/C18H29N/c1-6-7-8-15(4)13-19-16(5)18-11-9-17(10-12-18)14(2)3/h9-12,14-15,19H,5-8,13H2,1-4H3. The first-order chi connectivity index (χ1) is 9.04. The van der Waals surface area contributed by atoms with E-state index in [9.17, 15) is 0 Å². The van der Waals surface area contributed by atoms with Gasteiger partial charge in [0.05, 0.1) is 0 Å². The van der Waals surface area contributed by atoms with Crippen LogP contribution in [0.15, 0.2) is 30.8 Å². The van der Waals surface area contributed by atoms with E-state index in [0.717, 1.165) is 12.2 Å². The van der Waals surface area contributed by atoms with Crippen LogP contribution in [0.25, 0.3) is 5.70 Å². The van der Waals surface area contributed by atoms with Crippen LogP contribution in [-0.4, -0.2) is 6.54 Å². The molecule has 0 aliphatic heterocycles. The molecule has 19 heavy (non-hydrogen) atoms. The fraction of sp³-hybridized carbons (Fsp3) is 0.556. The molecule has 1 nitrogen and oxygen atoms in total. The zero-order valence-electron chi connectivity index (χ0n) is 13.0. The van der Waals surface area contributed by atoms with Crippen LogP contribution in [0.3, 0.4) is 0 Å². The molecule has 106 valence electrons. The number of nitrogens with one attached hydrogen (secondary N) is 1. The van der Waals surface area contributed by atoms with Gasteiger partial charge in [-0.25, -0.2) is 0 Å². The molecule has 0 saturated heterocycles. The molecule has 1 N–H and O–H groups in total. The third kappa shape index (κ3) is 5.50. The first kappa shape index (κ1) is 15.8. The van der Waals surface area contributed by atoms with Crippen LogP contribution < -0.4 is 5.32 Å². The molecule has 1 aromatic carbocycles. The molecule has 1 aromatic rings. The van der Waals surface area contributed by atoms with Gasteiger partial charge in [0.2, 0.25) is 0 Å². The molecule has 0 bridgehead atoms. The lowest BCUT2D eigenvalue weighted by atomic mass is 10.0. The van der Waals surface area contributed by atoms with Crippen LogP contribution in [0.4, 0.5) is 0 Å². The lowest BCUT2D eigenvalue weighted by Gasteiger charge is -2.15. The van der Waals surface area contributed by atoms with E-state index in [4.69, 9.17) is 0 Å². The number of hydrogen-bond acceptors (Lipinski definition) is 1. The summed E-state index contributed by atoms with van der Waals surface area (Å²) in [5, 5.41) is 3.46. The second-order valence-corrected chi connectivity index (χ2v) is 5.88. The molecule has 1 unspecified atom stereocenters. The van der Waals surface area contributed by atoms with Gasteiger partial charge in [0.15, 0.2) is 0 Å². The van der Waals surface area contributed by atoms with E-state index >= 15 is 0 Å². The van der Waals surface area contributed by atoms with Crippen molar-refractivity contribution in [3.05, 3.63) is 42.0 Å². The fourth-order valence-electron chi connectivity index (χ4n) is 2.12. The summed E-state index contributed by atoms with van der Waals surface area (Å²) in [6.45, 7) is 14.1. The van der Waals surface area contributed by atoms with E-state index in [2.05, 4.69) is 63.9 Å². The number of benzene rings is 1. The summed E-state index contributed by atoms with van der Waals surface area (Å²) >= 11 is 0. The first-order valence-electron chi connectivity index (χ1n) is 7.57. The Bertz CT molecular complexity index is 375. The van der Waals surface area contributed by atoms with Crippen LogP contribution >= 0.6 is 0 Å². The molecule has 0 aliphatic rings. The Morgan fingerprint density at radius 3 is 2.32 bits per heavy atom. The zero-order valence-corrected chi connectivity index (χ0v) is 13.0.